The summed E-state index contributed by atoms with van der Waals surface area (Å²) >= 11 is 0. The molecule has 0 aliphatic heterocycles. The predicted octanol–water partition coefficient (Wildman–Crippen LogP) is 3.32. The summed E-state index contributed by atoms with van der Waals surface area (Å²) < 4.78 is 2.10. The second-order valence-corrected chi connectivity index (χ2v) is 5.41. The fraction of sp³-hybridized carbons (Fsp3) is 0.471. The molecule has 1 atom stereocenters. The third-order valence-corrected chi connectivity index (χ3v) is 3.92. The molecule has 0 saturated carbocycles. The average molecular weight is 271 g/mol. The van der Waals surface area contributed by atoms with E-state index in [1.165, 1.54) is 16.7 Å². The number of nitrogens with zero attached hydrogens (tertiary/aromatic N) is 2. The SMILES string of the molecule is CCNC(CCc1nccn1C)c1c(C)cccc1C. The van der Waals surface area contributed by atoms with Crippen molar-refractivity contribution >= 4 is 0 Å². The second kappa shape index (κ2) is 6.71. The molecule has 1 unspecified atom stereocenters. The van der Waals surface area contributed by atoms with E-state index in [0.29, 0.717) is 6.04 Å². The standard InChI is InChI=1S/C17H25N3/c1-5-18-15(9-10-16-19-11-12-20(16)4)17-13(2)7-6-8-14(17)3/h6-8,11-12,15,18H,5,9-10H2,1-4H3. The van der Waals surface area contributed by atoms with Crippen molar-refractivity contribution in [1.82, 2.24) is 14.9 Å². The molecule has 2 rings (SSSR count). The lowest BCUT2D eigenvalue weighted by Crippen LogP contribution is -2.23. The molecule has 0 saturated heterocycles. The molecular formula is C17H25N3. The van der Waals surface area contributed by atoms with Crippen LogP contribution in [-0.2, 0) is 13.5 Å². The molecular weight excluding hydrogens is 246 g/mol. The first-order valence-electron chi connectivity index (χ1n) is 7.39. The monoisotopic (exact) mass is 271 g/mol. The summed E-state index contributed by atoms with van der Waals surface area (Å²) in [5, 5.41) is 3.63. The zero-order valence-electron chi connectivity index (χ0n) is 13.0. The molecule has 1 N–H and O–H groups in total. The third kappa shape index (κ3) is 3.28. The van der Waals surface area contributed by atoms with Crippen LogP contribution in [0.1, 0.15) is 41.9 Å². The van der Waals surface area contributed by atoms with Gasteiger partial charge in [0.25, 0.3) is 0 Å². The molecule has 0 aliphatic carbocycles. The lowest BCUT2D eigenvalue weighted by atomic mass is 9.93. The van der Waals surface area contributed by atoms with Crippen LogP contribution in [0.3, 0.4) is 0 Å². The van der Waals surface area contributed by atoms with Crippen molar-refractivity contribution in [2.75, 3.05) is 6.54 Å². The molecule has 0 radical (unpaired) electrons. The van der Waals surface area contributed by atoms with Crippen LogP contribution in [0.4, 0.5) is 0 Å². The average Bonchev–Trinajstić information content (AvgIpc) is 2.81. The lowest BCUT2D eigenvalue weighted by Gasteiger charge is -2.22. The number of aryl methyl sites for hydroxylation is 4. The molecule has 108 valence electrons. The van der Waals surface area contributed by atoms with E-state index in [-0.39, 0.29) is 0 Å². The molecule has 3 heteroatoms. The summed E-state index contributed by atoms with van der Waals surface area (Å²) in [6, 6.07) is 6.94. The van der Waals surface area contributed by atoms with Gasteiger partial charge in [-0.25, -0.2) is 4.98 Å². The number of hydrogen-bond acceptors (Lipinski definition) is 2. The van der Waals surface area contributed by atoms with Gasteiger partial charge in [-0.2, -0.15) is 0 Å². The first kappa shape index (κ1) is 14.8. The van der Waals surface area contributed by atoms with E-state index >= 15 is 0 Å². The maximum absolute atomic E-state index is 4.42. The number of benzene rings is 1. The van der Waals surface area contributed by atoms with Gasteiger partial charge in [-0.05, 0) is 43.5 Å². The maximum atomic E-state index is 4.42. The van der Waals surface area contributed by atoms with Crippen LogP contribution in [0.2, 0.25) is 0 Å². The highest BCUT2D eigenvalue weighted by Gasteiger charge is 2.15. The summed E-state index contributed by atoms with van der Waals surface area (Å²) in [7, 11) is 2.06. The van der Waals surface area contributed by atoms with Gasteiger partial charge in [0.2, 0.25) is 0 Å². The highest BCUT2D eigenvalue weighted by atomic mass is 15.0. The Morgan fingerprint density at radius 2 is 1.95 bits per heavy atom. The van der Waals surface area contributed by atoms with Crippen LogP contribution in [0.15, 0.2) is 30.6 Å². The third-order valence-electron chi connectivity index (χ3n) is 3.92. The maximum Gasteiger partial charge on any atom is 0.108 e. The first-order valence-corrected chi connectivity index (χ1v) is 7.39. The van der Waals surface area contributed by atoms with E-state index in [0.717, 1.165) is 25.2 Å². The second-order valence-electron chi connectivity index (χ2n) is 5.41. The summed E-state index contributed by atoms with van der Waals surface area (Å²) in [5.74, 6) is 1.15. The van der Waals surface area contributed by atoms with E-state index in [4.69, 9.17) is 0 Å². The number of nitrogens with one attached hydrogen (secondary N) is 1. The van der Waals surface area contributed by atoms with Crippen LogP contribution < -0.4 is 5.32 Å². The van der Waals surface area contributed by atoms with Crippen LogP contribution in [0, 0.1) is 13.8 Å². The van der Waals surface area contributed by atoms with Gasteiger partial charge in [0, 0.05) is 31.9 Å². The van der Waals surface area contributed by atoms with Gasteiger partial charge in [0.1, 0.15) is 5.82 Å². The molecule has 1 heterocycles. The van der Waals surface area contributed by atoms with Crippen molar-refractivity contribution in [3.05, 3.63) is 53.1 Å². The fourth-order valence-corrected chi connectivity index (χ4v) is 2.88. The van der Waals surface area contributed by atoms with Gasteiger partial charge >= 0.3 is 0 Å². The topological polar surface area (TPSA) is 29.9 Å². The van der Waals surface area contributed by atoms with Gasteiger partial charge in [0.05, 0.1) is 0 Å². The Morgan fingerprint density at radius 3 is 2.50 bits per heavy atom. The molecule has 0 aliphatic rings. The van der Waals surface area contributed by atoms with E-state index in [9.17, 15) is 0 Å². The Kier molecular flexibility index (Phi) is 4.96. The highest BCUT2D eigenvalue weighted by molar-refractivity contribution is 5.36. The zero-order valence-corrected chi connectivity index (χ0v) is 13.0. The van der Waals surface area contributed by atoms with E-state index in [1.54, 1.807) is 0 Å². The number of hydrogen-bond donors (Lipinski definition) is 1. The number of aromatic nitrogens is 2. The van der Waals surface area contributed by atoms with Crippen LogP contribution >= 0.6 is 0 Å². The molecule has 1 aromatic heterocycles. The van der Waals surface area contributed by atoms with Crippen molar-refractivity contribution < 1.29 is 0 Å². The molecule has 0 spiro atoms. The quantitative estimate of drug-likeness (QED) is 0.873. The number of imidazole rings is 1. The summed E-state index contributed by atoms with van der Waals surface area (Å²) in [5.41, 5.74) is 4.19. The van der Waals surface area contributed by atoms with Crippen LogP contribution in [0.5, 0.6) is 0 Å². The molecule has 2 aromatic rings. The Labute approximate surface area is 122 Å². The first-order chi connectivity index (χ1) is 9.63. The van der Waals surface area contributed by atoms with Crippen LogP contribution in [-0.4, -0.2) is 16.1 Å². The molecule has 0 fully saturated rings. The van der Waals surface area contributed by atoms with Gasteiger partial charge in [0.15, 0.2) is 0 Å². The Bertz CT molecular complexity index is 537. The molecule has 0 bridgehead atoms. The summed E-state index contributed by atoms with van der Waals surface area (Å²) in [6.45, 7) is 7.56. The van der Waals surface area contributed by atoms with E-state index in [2.05, 4.69) is 60.9 Å². The Balaban J connectivity index is 2.17. The predicted molar refractivity (Wildman–Crippen MR) is 83.9 cm³/mol. The summed E-state index contributed by atoms with van der Waals surface area (Å²) in [4.78, 5) is 4.42. The van der Waals surface area contributed by atoms with Crippen molar-refractivity contribution in [3.63, 3.8) is 0 Å². The van der Waals surface area contributed by atoms with Gasteiger partial charge in [-0.1, -0.05) is 25.1 Å². The van der Waals surface area contributed by atoms with Crippen molar-refractivity contribution in [3.8, 4) is 0 Å². The lowest BCUT2D eigenvalue weighted by molar-refractivity contribution is 0.502. The van der Waals surface area contributed by atoms with Crippen molar-refractivity contribution in [2.45, 2.75) is 39.7 Å². The molecule has 3 nitrogen and oxygen atoms in total. The number of rotatable bonds is 6. The Morgan fingerprint density at radius 1 is 1.25 bits per heavy atom. The summed E-state index contributed by atoms with van der Waals surface area (Å²) in [6.07, 6.45) is 5.95. The van der Waals surface area contributed by atoms with Gasteiger partial charge in [-0.3, -0.25) is 0 Å². The van der Waals surface area contributed by atoms with Crippen molar-refractivity contribution in [2.24, 2.45) is 7.05 Å². The van der Waals surface area contributed by atoms with Gasteiger partial charge in [-0.15, -0.1) is 0 Å². The minimum atomic E-state index is 0.401. The normalized spacial score (nSPS) is 12.6. The van der Waals surface area contributed by atoms with Gasteiger partial charge < -0.3 is 9.88 Å². The minimum Gasteiger partial charge on any atom is -0.338 e. The molecule has 0 amide bonds. The van der Waals surface area contributed by atoms with Crippen molar-refractivity contribution in [1.29, 1.82) is 0 Å². The highest BCUT2D eigenvalue weighted by Crippen LogP contribution is 2.25. The molecule has 20 heavy (non-hydrogen) atoms. The fourth-order valence-electron chi connectivity index (χ4n) is 2.88. The smallest absolute Gasteiger partial charge is 0.108 e. The minimum absolute atomic E-state index is 0.401. The van der Waals surface area contributed by atoms with E-state index in [1.807, 2.05) is 12.4 Å². The zero-order chi connectivity index (χ0) is 14.5. The Hall–Kier alpha value is -1.61. The largest absolute Gasteiger partial charge is 0.338 e. The molecule has 1 aromatic carbocycles. The van der Waals surface area contributed by atoms with E-state index < -0.39 is 0 Å². The van der Waals surface area contributed by atoms with Crippen LogP contribution in [0.25, 0.3) is 0 Å².